The average Bonchev–Trinajstić information content (AvgIpc) is 2.88. The molecule has 6 heteroatoms. The van der Waals surface area contributed by atoms with Crippen molar-refractivity contribution >= 4 is 23.9 Å². The summed E-state index contributed by atoms with van der Waals surface area (Å²) in [6.45, 7) is 2.04. The van der Waals surface area contributed by atoms with Crippen molar-refractivity contribution in [3.05, 3.63) is 46.7 Å². The Balaban J connectivity index is 2.32. The van der Waals surface area contributed by atoms with Crippen LogP contribution >= 0.6 is 11.6 Å². The maximum absolute atomic E-state index is 11.5. The quantitative estimate of drug-likeness (QED) is 0.637. The normalized spacial score (nSPS) is 10.2. The largest absolute Gasteiger partial charge is 0.462 e. The molecule has 1 aromatic heterocycles. The molecule has 0 amide bonds. The van der Waals surface area contributed by atoms with Gasteiger partial charge < -0.3 is 4.74 Å². The lowest BCUT2D eigenvalue weighted by Crippen LogP contribution is -2.03. The molecule has 2 rings (SSSR count). The smallest absolute Gasteiger partial charge is 0.341 e. The van der Waals surface area contributed by atoms with Crippen LogP contribution in [0.2, 0.25) is 5.02 Å². The van der Waals surface area contributed by atoms with E-state index in [1.807, 2.05) is 0 Å². The third kappa shape index (κ3) is 2.82. The molecule has 0 aliphatic heterocycles. The average molecular weight is 279 g/mol. The van der Waals surface area contributed by atoms with Crippen molar-refractivity contribution in [3.63, 3.8) is 0 Å². The zero-order chi connectivity index (χ0) is 13.8. The number of hydrogen-bond donors (Lipinski definition) is 0. The highest BCUT2D eigenvalue weighted by Crippen LogP contribution is 2.21. The van der Waals surface area contributed by atoms with Crippen LogP contribution in [0.1, 0.15) is 27.6 Å². The molecule has 0 bridgehead atoms. The molecule has 1 heterocycles. The van der Waals surface area contributed by atoms with Crippen LogP contribution in [0.25, 0.3) is 5.69 Å². The van der Waals surface area contributed by atoms with Crippen molar-refractivity contribution in [2.45, 2.75) is 6.92 Å². The fourth-order valence-electron chi connectivity index (χ4n) is 1.56. The Bertz CT molecular complexity index is 622. The fourth-order valence-corrected chi connectivity index (χ4v) is 1.83. The van der Waals surface area contributed by atoms with E-state index in [9.17, 15) is 9.59 Å². The van der Waals surface area contributed by atoms with Gasteiger partial charge in [0.05, 0.1) is 29.1 Å². The number of aromatic nitrogens is 2. The van der Waals surface area contributed by atoms with E-state index in [0.717, 1.165) is 0 Å². The first-order valence-electron chi connectivity index (χ1n) is 5.62. The number of aldehydes is 1. The van der Waals surface area contributed by atoms with Gasteiger partial charge in [-0.25, -0.2) is 9.48 Å². The van der Waals surface area contributed by atoms with Gasteiger partial charge in [-0.15, -0.1) is 0 Å². The second-order valence-electron chi connectivity index (χ2n) is 3.72. The first-order chi connectivity index (χ1) is 9.15. The summed E-state index contributed by atoms with van der Waals surface area (Å²) < 4.78 is 6.33. The van der Waals surface area contributed by atoms with Crippen LogP contribution in [0.5, 0.6) is 0 Å². The van der Waals surface area contributed by atoms with Crippen molar-refractivity contribution in [1.82, 2.24) is 9.78 Å². The minimum absolute atomic E-state index is 0.304. The molecule has 19 heavy (non-hydrogen) atoms. The van der Waals surface area contributed by atoms with Gasteiger partial charge in [-0.1, -0.05) is 11.6 Å². The van der Waals surface area contributed by atoms with Crippen molar-refractivity contribution in [2.24, 2.45) is 0 Å². The predicted molar refractivity (Wildman–Crippen MR) is 69.9 cm³/mol. The molecule has 5 nitrogen and oxygen atoms in total. The first-order valence-corrected chi connectivity index (χ1v) is 6.00. The summed E-state index contributed by atoms with van der Waals surface area (Å²) in [6.07, 6.45) is 3.64. The number of ether oxygens (including phenoxy) is 1. The third-order valence-electron chi connectivity index (χ3n) is 2.45. The number of benzene rings is 1. The van der Waals surface area contributed by atoms with E-state index in [-0.39, 0.29) is 0 Å². The molecular weight excluding hydrogens is 268 g/mol. The molecule has 0 fully saturated rings. The van der Waals surface area contributed by atoms with Crippen LogP contribution in [0.3, 0.4) is 0 Å². The molecule has 0 radical (unpaired) electrons. The molecule has 0 saturated heterocycles. The number of carbonyl (C=O) groups excluding carboxylic acids is 2. The molecule has 1 aromatic carbocycles. The zero-order valence-electron chi connectivity index (χ0n) is 10.2. The van der Waals surface area contributed by atoms with E-state index >= 15 is 0 Å². The van der Waals surface area contributed by atoms with Gasteiger partial charge in [0.15, 0.2) is 0 Å². The molecule has 0 N–H and O–H groups in total. The number of rotatable bonds is 4. The minimum Gasteiger partial charge on any atom is -0.462 e. The van der Waals surface area contributed by atoms with Crippen LogP contribution in [0, 0.1) is 0 Å². The Morgan fingerprint density at radius 3 is 2.95 bits per heavy atom. The maximum atomic E-state index is 11.5. The van der Waals surface area contributed by atoms with Crippen molar-refractivity contribution in [1.29, 1.82) is 0 Å². The van der Waals surface area contributed by atoms with E-state index in [1.54, 1.807) is 19.1 Å². The van der Waals surface area contributed by atoms with Gasteiger partial charge in [-0.3, -0.25) is 4.79 Å². The lowest BCUT2D eigenvalue weighted by atomic mass is 10.2. The van der Waals surface area contributed by atoms with Crippen molar-refractivity contribution < 1.29 is 14.3 Å². The summed E-state index contributed by atoms with van der Waals surface area (Å²) in [5.41, 5.74) is 1.41. The summed E-state index contributed by atoms with van der Waals surface area (Å²) in [6, 6.07) is 4.82. The van der Waals surface area contributed by atoms with Crippen LogP contribution in [-0.4, -0.2) is 28.6 Å². The molecule has 0 aliphatic carbocycles. The molecule has 0 unspecified atom stereocenters. The Morgan fingerprint density at radius 2 is 2.32 bits per heavy atom. The topological polar surface area (TPSA) is 61.2 Å². The highest BCUT2D eigenvalue weighted by molar-refractivity contribution is 6.32. The van der Waals surface area contributed by atoms with E-state index < -0.39 is 5.97 Å². The van der Waals surface area contributed by atoms with Crippen molar-refractivity contribution in [3.8, 4) is 5.69 Å². The molecular formula is C13H11ClN2O3. The van der Waals surface area contributed by atoms with Gasteiger partial charge >= 0.3 is 5.97 Å². The fraction of sp³-hybridized carbons (Fsp3) is 0.154. The monoisotopic (exact) mass is 278 g/mol. The SMILES string of the molecule is CCOC(=O)c1cnn(-c2ccc(C=O)cc2Cl)c1. The Morgan fingerprint density at radius 1 is 1.53 bits per heavy atom. The van der Waals surface area contributed by atoms with Gasteiger partial charge in [0.2, 0.25) is 0 Å². The van der Waals surface area contributed by atoms with Crippen LogP contribution in [0.4, 0.5) is 0 Å². The Labute approximate surface area is 114 Å². The van der Waals surface area contributed by atoms with E-state index in [4.69, 9.17) is 16.3 Å². The number of carbonyl (C=O) groups is 2. The standard InChI is InChI=1S/C13H11ClN2O3/c1-2-19-13(18)10-6-15-16(7-10)12-4-3-9(8-17)5-11(12)14/h3-8H,2H2,1H3. The Hall–Kier alpha value is -2.14. The zero-order valence-corrected chi connectivity index (χ0v) is 10.9. The van der Waals surface area contributed by atoms with E-state index in [2.05, 4.69) is 5.10 Å². The third-order valence-corrected chi connectivity index (χ3v) is 2.75. The van der Waals surface area contributed by atoms with Gasteiger partial charge in [0.25, 0.3) is 0 Å². The number of esters is 1. The first kappa shape index (κ1) is 13.3. The number of hydrogen-bond acceptors (Lipinski definition) is 4. The lowest BCUT2D eigenvalue weighted by molar-refractivity contribution is 0.0526. The molecule has 0 aliphatic rings. The molecule has 2 aromatic rings. The van der Waals surface area contributed by atoms with Gasteiger partial charge in [0.1, 0.15) is 6.29 Å². The van der Waals surface area contributed by atoms with E-state index in [1.165, 1.54) is 23.1 Å². The molecule has 0 spiro atoms. The summed E-state index contributed by atoms with van der Waals surface area (Å²) in [5, 5.41) is 4.43. The highest BCUT2D eigenvalue weighted by atomic mass is 35.5. The van der Waals surface area contributed by atoms with Crippen LogP contribution in [0.15, 0.2) is 30.6 Å². The molecule has 98 valence electrons. The second-order valence-corrected chi connectivity index (χ2v) is 4.13. The highest BCUT2D eigenvalue weighted by Gasteiger charge is 2.11. The minimum atomic E-state index is -0.436. The molecule has 0 saturated carbocycles. The summed E-state index contributed by atoms with van der Waals surface area (Å²) in [4.78, 5) is 22.1. The van der Waals surface area contributed by atoms with Crippen molar-refractivity contribution in [2.75, 3.05) is 6.61 Å². The van der Waals surface area contributed by atoms with Crippen LogP contribution in [-0.2, 0) is 4.74 Å². The maximum Gasteiger partial charge on any atom is 0.341 e. The molecule has 0 atom stereocenters. The van der Waals surface area contributed by atoms with Crippen LogP contribution < -0.4 is 0 Å². The second kappa shape index (κ2) is 5.67. The van der Waals surface area contributed by atoms with Gasteiger partial charge in [0, 0.05) is 11.8 Å². The van der Waals surface area contributed by atoms with E-state index in [0.29, 0.717) is 34.7 Å². The predicted octanol–water partition coefficient (Wildman–Crippen LogP) is 2.51. The lowest BCUT2D eigenvalue weighted by Gasteiger charge is -2.04. The number of nitrogens with zero attached hydrogens (tertiary/aromatic N) is 2. The van der Waals surface area contributed by atoms with Gasteiger partial charge in [-0.2, -0.15) is 5.10 Å². The number of halogens is 1. The summed E-state index contributed by atoms with van der Waals surface area (Å²) >= 11 is 6.06. The summed E-state index contributed by atoms with van der Waals surface area (Å²) in [7, 11) is 0. The van der Waals surface area contributed by atoms with Gasteiger partial charge in [-0.05, 0) is 25.1 Å². The summed E-state index contributed by atoms with van der Waals surface area (Å²) in [5.74, 6) is -0.436. The Kier molecular flexibility index (Phi) is 3.97.